The van der Waals surface area contributed by atoms with E-state index in [-0.39, 0.29) is 18.8 Å². The molecule has 1 fully saturated rings. The van der Waals surface area contributed by atoms with Gasteiger partial charge in [0.15, 0.2) is 6.61 Å². The van der Waals surface area contributed by atoms with Crippen LogP contribution < -0.4 is 4.74 Å². The minimum absolute atomic E-state index is 0.139. The number of para-hydroxylation sites is 1. The highest BCUT2D eigenvalue weighted by Gasteiger charge is 2.30. The zero-order valence-corrected chi connectivity index (χ0v) is 13.1. The second kappa shape index (κ2) is 6.84. The quantitative estimate of drug-likeness (QED) is 0.693. The summed E-state index contributed by atoms with van der Waals surface area (Å²) in [5.74, 6) is 1.83. The number of imidazole rings is 1. The first kappa shape index (κ1) is 14.9. The molecule has 1 aromatic carbocycles. The minimum atomic E-state index is -0.142. The molecule has 7 nitrogen and oxygen atoms in total. The van der Waals surface area contributed by atoms with Crippen LogP contribution >= 0.6 is 0 Å². The van der Waals surface area contributed by atoms with Crippen LogP contribution in [0.1, 0.15) is 30.7 Å². The van der Waals surface area contributed by atoms with Gasteiger partial charge in [0.2, 0.25) is 5.82 Å². The van der Waals surface area contributed by atoms with Crippen molar-refractivity contribution in [3.8, 4) is 5.75 Å². The van der Waals surface area contributed by atoms with Gasteiger partial charge in [-0.05, 0) is 25.0 Å². The molecule has 0 saturated carbocycles. The minimum Gasteiger partial charge on any atom is -0.485 e. The number of aromatic nitrogens is 4. The molecule has 124 valence electrons. The van der Waals surface area contributed by atoms with Crippen molar-refractivity contribution < 1.29 is 14.0 Å². The highest BCUT2D eigenvalue weighted by molar-refractivity contribution is 5.20. The van der Waals surface area contributed by atoms with Gasteiger partial charge < -0.3 is 18.6 Å². The third kappa shape index (κ3) is 3.46. The molecule has 1 saturated heterocycles. The lowest BCUT2D eigenvalue weighted by atomic mass is 10.2. The number of hydrogen-bond acceptors (Lipinski definition) is 6. The fourth-order valence-electron chi connectivity index (χ4n) is 2.77. The Morgan fingerprint density at radius 2 is 2.12 bits per heavy atom. The van der Waals surface area contributed by atoms with Crippen molar-refractivity contribution in [3.63, 3.8) is 0 Å². The average Bonchev–Trinajstić information content (AvgIpc) is 3.36. The third-order valence-electron chi connectivity index (χ3n) is 3.95. The summed E-state index contributed by atoms with van der Waals surface area (Å²) in [5.41, 5.74) is 0. The van der Waals surface area contributed by atoms with Crippen LogP contribution in [0.15, 0.2) is 53.6 Å². The van der Waals surface area contributed by atoms with Gasteiger partial charge in [0, 0.05) is 18.9 Å². The van der Waals surface area contributed by atoms with Gasteiger partial charge in [0.25, 0.3) is 5.89 Å². The van der Waals surface area contributed by atoms with Gasteiger partial charge in [-0.3, -0.25) is 0 Å². The standard InChI is InChI=1S/C17H18N4O3/c1-2-4-13(5-3-1)22-11-16-19-17(24-20-16)15-7-6-14(23-15)10-21-9-8-18-12-21/h1-5,8-9,12,14-15H,6-7,10-11H2/t14-,15+/m1/s1. The maximum atomic E-state index is 6.01. The predicted molar refractivity (Wildman–Crippen MR) is 84.1 cm³/mol. The molecular weight excluding hydrogens is 308 g/mol. The van der Waals surface area contributed by atoms with Crippen molar-refractivity contribution in [2.75, 3.05) is 0 Å². The topological polar surface area (TPSA) is 75.2 Å². The third-order valence-corrected chi connectivity index (χ3v) is 3.95. The van der Waals surface area contributed by atoms with E-state index in [9.17, 15) is 0 Å². The smallest absolute Gasteiger partial charge is 0.255 e. The number of benzene rings is 1. The van der Waals surface area contributed by atoms with Crippen molar-refractivity contribution >= 4 is 0 Å². The lowest BCUT2D eigenvalue weighted by Crippen LogP contribution is -2.14. The Hall–Kier alpha value is -2.67. The zero-order valence-electron chi connectivity index (χ0n) is 13.1. The lowest BCUT2D eigenvalue weighted by Gasteiger charge is -2.11. The summed E-state index contributed by atoms with van der Waals surface area (Å²) in [7, 11) is 0. The lowest BCUT2D eigenvalue weighted by molar-refractivity contribution is 0.0178. The van der Waals surface area contributed by atoms with Crippen LogP contribution in [0.4, 0.5) is 0 Å². The highest BCUT2D eigenvalue weighted by Crippen LogP contribution is 2.32. The second-order valence-corrected chi connectivity index (χ2v) is 5.73. The summed E-state index contributed by atoms with van der Waals surface area (Å²) in [4.78, 5) is 8.43. The molecule has 0 spiro atoms. The molecule has 0 aliphatic carbocycles. The maximum Gasteiger partial charge on any atom is 0.255 e. The number of nitrogens with zero attached hydrogens (tertiary/aromatic N) is 4. The fourth-order valence-corrected chi connectivity index (χ4v) is 2.77. The molecule has 0 amide bonds. The Morgan fingerprint density at radius 1 is 1.21 bits per heavy atom. The Balaban J connectivity index is 1.32. The Kier molecular flexibility index (Phi) is 4.24. The summed E-state index contributed by atoms with van der Waals surface area (Å²) in [6, 6.07) is 9.56. The Labute approximate surface area is 139 Å². The van der Waals surface area contributed by atoms with Gasteiger partial charge in [-0.15, -0.1) is 0 Å². The van der Waals surface area contributed by atoms with Crippen molar-refractivity contribution in [2.45, 2.75) is 38.2 Å². The van der Waals surface area contributed by atoms with E-state index < -0.39 is 0 Å². The van der Waals surface area contributed by atoms with Crippen molar-refractivity contribution in [3.05, 3.63) is 60.8 Å². The molecule has 7 heteroatoms. The van der Waals surface area contributed by atoms with E-state index in [1.807, 2.05) is 41.1 Å². The summed E-state index contributed by atoms with van der Waals surface area (Å²) in [5, 5.41) is 3.97. The number of ether oxygens (including phenoxy) is 2. The molecule has 1 aliphatic heterocycles. The van der Waals surface area contributed by atoms with Gasteiger partial charge in [0.05, 0.1) is 12.4 Å². The monoisotopic (exact) mass is 326 g/mol. The fraction of sp³-hybridized carbons (Fsp3) is 0.353. The predicted octanol–water partition coefficient (Wildman–Crippen LogP) is 2.77. The van der Waals surface area contributed by atoms with E-state index in [4.69, 9.17) is 14.0 Å². The largest absolute Gasteiger partial charge is 0.485 e. The molecule has 1 aliphatic rings. The molecule has 0 unspecified atom stereocenters. The average molecular weight is 326 g/mol. The molecule has 4 rings (SSSR count). The van der Waals surface area contributed by atoms with Crippen LogP contribution in [0.5, 0.6) is 5.75 Å². The molecule has 2 aromatic heterocycles. The molecule has 3 heterocycles. The van der Waals surface area contributed by atoms with Crippen LogP contribution in [0.2, 0.25) is 0 Å². The van der Waals surface area contributed by atoms with Crippen LogP contribution in [-0.2, 0) is 17.9 Å². The van der Waals surface area contributed by atoms with Crippen LogP contribution in [0, 0.1) is 0 Å². The van der Waals surface area contributed by atoms with Crippen molar-refractivity contribution in [1.82, 2.24) is 19.7 Å². The van der Waals surface area contributed by atoms with Crippen LogP contribution in [-0.4, -0.2) is 25.8 Å². The van der Waals surface area contributed by atoms with E-state index in [1.54, 1.807) is 12.5 Å². The summed E-state index contributed by atoms with van der Waals surface area (Å²) in [6.07, 6.45) is 7.33. The number of hydrogen-bond donors (Lipinski definition) is 0. The second-order valence-electron chi connectivity index (χ2n) is 5.73. The molecule has 2 atom stereocenters. The Bertz CT molecular complexity index is 757. The van der Waals surface area contributed by atoms with Crippen molar-refractivity contribution in [2.24, 2.45) is 0 Å². The van der Waals surface area contributed by atoms with E-state index in [2.05, 4.69) is 15.1 Å². The maximum absolute atomic E-state index is 6.01. The van der Waals surface area contributed by atoms with Gasteiger partial charge in [-0.25, -0.2) is 4.98 Å². The SMILES string of the molecule is c1ccc(OCc2noc([C@@H]3CC[C@H](Cn4ccnc4)O3)n2)cc1. The molecule has 0 N–H and O–H groups in total. The highest BCUT2D eigenvalue weighted by atomic mass is 16.5. The van der Waals surface area contributed by atoms with E-state index in [1.165, 1.54) is 0 Å². The van der Waals surface area contributed by atoms with E-state index >= 15 is 0 Å². The molecule has 3 aromatic rings. The summed E-state index contributed by atoms with van der Waals surface area (Å²) < 4.78 is 19.0. The first-order valence-corrected chi connectivity index (χ1v) is 7.98. The van der Waals surface area contributed by atoms with E-state index in [0.717, 1.165) is 25.1 Å². The first-order chi connectivity index (χ1) is 11.9. The van der Waals surface area contributed by atoms with Gasteiger partial charge in [0.1, 0.15) is 11.9 Å². The van der Waals surface area contributed by atoms with Crippen molar-refractivity contribution in [1.29, 1.82) is 0 Å². The summed E-state index contributed by atoms with van der Waals surface area (Å²) in [6.45, 7) is 1.06. The Morgan fingerprint density at radius 3 is 2.96 bits per heavy atom. The molecule has 0 radical (unpaired) electrons. The first-order valence-electron chi connectivity index (χ1n) is 7.98. The molecular formula is C17H18N4O3. The van der Waals surface area contributed by atoms with Gasteiger partial charge >= 0.3 is 0 Å². The molecule has 0 bridgehead atoms. The number of rotatable bonds is 6. The van der Waals surface area contributed by atoms with Gasteiger partial charge in [-0.2, -0.15) is 4.98 Å². The summed E-state index contributed by atoms with van der Waals surface area (Å²) >= 11 is 0. The van der Waals surface area contributed by atoms with E-state index in [0.29, 0.717) is 11.7 Å². The normalized spacial score (nSPS) is 20.3. The van der Waals surface area contributed by atoms with Crippen LogP contribution in [0.25, 0.3) is 0 Å². The molecule has 24 heavy (non-hydrogen) atoms. The van der Waals surface area contributed by atoms with Crippen LogP contribution in [0.3, 0.4) is 0 Å². The zero-order chi connectivity index (χ0) is 16.2. The van der Waals surface area contributed by atoms with Gasteiger partial charge in [-0.1, -0.05) is 23.4 Å².